The van der Waals surface area contributed by atoms with Gasteiger partial charge in [0, 0.05) is 54.2 Å². The van der Waals surface area contributed by atoms with Gasteiger partial charge in [0.25, 0.3) is 0 Å². The fourth-order valence-corrected chi connectivity index (χ4v) is 5.11. The van der Waals surface area contributed by atoms with Crippen LogP contribution in [0, 0.1) is 5.41 Å². The maximum Gasteiger partial charge on any atom is 0.247 e. The number of nitrogens with zero attached hydrogens (tertiary/aromatic N) is 5. The summed E-state index contributed by atoms with van der Waals surface area (Å²) in [5.74, 6) is -0.462. The summed E-state index contributed by atoms with van der Waals surface area (Å²) in [6.07, 6.45) is 6.01. The molecule has 40 heavy (non-hydrogen) atoms. The van der Waals surface area contributed by atoms with Crippen molar-refractivity contribution in [3.05, 3.63) is 64.5 Å². The van der Waals surface area contributed by atoms with Gasteiger partial charge in [-0.3, -0.25) is 19.4 Å². The van der Waals surface area contributed by atoms with Gasteiger partial charge in [0.15, 0.2) is 11.4 Å². The molecule has 0 atom stereocenters. The number of nitrogens with one attached hydrogen (secondary N) is 1. The van der Waals surface area contributed by atoms with Crippen LogP contribution in [0.15, 0.2) is 47.7 Å². The largest absolute Gasteiger partial charge is 0.395 e. The van der Waals surface area contributed by atoms with Gasteiger partial charge in [-0.25, -0.2) is 4.98 Å². The fraction of sp³-hybridized carbons (Fsp3) is 0.357. The number of nitrogen functional groups attached to an aromatic ring is 1. The Morgan fingerprint density at radius 1 is 1.10 bits per heavy atom. The molecule has 1 fully saturated rings. The van der Waals surface area contributed by atoms with Gasteiger partial charge < -0.3 is 25.8 Å². The Morgan fingerprint density at radius 3 is 2.38 bits per heavy atom. The average molecular weight is 546 g/mol. The third kappa shape index (κ3) is 4.75. The molecule has 1 aliphatic rings. The zero-order valence-corrected chi connectivity index (χ0v) is 22.3. The van der Waals surface area contributed by atoms with Crippen LogP contribution in [0.3, 0.4) is 0 Å². The molecule has 0 aromatic carbocycles. The van der Waals surface area contributed by atoms with E-state index in [2.05, 4.69) is 15.1 Å². The molecule has 1 saturated heterocycles. The number of hydrogen-bond donors (Lipinski definition) is 4. The van der Waals surface area contributed by atoms with Crippen molar-refractivity contribution in [2.45, 2.75) is 32.6 Å². The number of carbonyl (C=O) groups excluding carboxylic acids is 2. The Balaban J connectivity index is 1.48. The van der Waals surface area contributed by atoms with E-state index in [1.165, 1.54) is 24.4 Å². The minimum absolute atomic E-state index is 0.131. The number of pyridine rings is 2. The Labute approximate surface area is 229 Å². The first-order chi connectivity index (χ1) is 19.2. The van der Waals surface area contributed by atoms with Crippen molar-refractivity contribution < 1.29 is 19.8 Å². The summed E-state index contributed by atoms with van der Waals surface area (Å²) >= 11 is 0. The van der Waals surface area contributed by atoms with Gasteiger partial charge in [-0.1, -0.05) is 6.07 Å². The Kier molecular flexibility index (Phi) is 7.21. The van der Waals surface area contributed by atoms with E-state index in [9.17, 15) is 24.6 Å². The standard InChI is InChI=1S/C28H31N7O5/c1-16(38)23-24(17-7-9-34(10-8-17)27(40)28(2,14-36)15-37)33-26-20(13-32-35(26)25(23)29)18-3-5-21(30-11-18)19-4-6-22(39)31-12-19/h3-6,11-13,17,36-37H,7-10,14-15,29H2,1-2H3,(H,31,39). The number of piperidine rings is 1. The molecule has 0 saturated carbocycles. The zero-order valence-electron chi connectivity index (χ0n) is 22.3. The highest BCUT2D eigenvalue weighted by Gasteiger charge is 2.38. The Morgan fingerprint density at radius 2 is 1.80 bits per heavy atom. The molecule has 12 heteroatoms. The quantitative estimate of drug-likeness (QED) is 0.251. The lowest BCUT2D eigenvalue weighted by Crippen LogP contribution is -2.49. The predicted molar refractivity (Wildman–Crippen MR) is 148 cm³/mol. The van der Waals surface area contributed by atoms with E-state index in [-0.39, 0.29) is 29.0 Å². The van der Waals surface area contributed by atoms with Gasteiger partial charge >= 0.3 is 0 Å². The highest BCUT2D eigenvalue weighted by atomic mass is 16.3. The lowest BCUT2D eigenvalue weighted by Gasteiger charge is -2.37. The van der Waals surface area contributed by atoms with Crippen molar-refractivity contribution in [1.29, 1.82) is 0 Å². The average Bonchev–Trinajstić information content (AvgIpc) is 3.41. The SMILES string of the molecule is CC(=O)c1c(C2CCN(C(=O)C(C)(CO)CO)CC2)nc2c(-c3ccc(-c4ccc(=O)[nH]c4)nc3)cnn2c1N. The lowest BCUT2D eigenvalue weighted by atomic mass is 9.86. The van der Waals surface area contributed by atoms with Crippen molar-refractivity contribution in [2.75, 3.05) is 32.0 Å². The lowest BCUT2D eigenvalue weighted by molar-refractivity contribution is -0.147. The molecule has 5 N–H and O–H groups in total. The van der Waals surface area contributed by atoms with Gasteiger partial charge in [0.1, 0.15) is 5.82 Å². The monoisotopic (exact) mass is 545 g/mol. The number of aliphatic hydroxyl groups excluding tert-OH is 2. The van der Waals surface area contributed by atoms with Crippen molar-refractivity contribution in [1.82, 2.24) is 29.5 Å². The van der Waals surface area contributed by atoms with Crippen LogP contribution in [-0.2, 0) is 4.79 Å². The van der Waals surface area contributed by atoms with Gasteiger partial charge in [-0.05, 0) is 38.8 Å². The molecule has 4 aromatic rings. The summed E-state index contributed by atoms with van der Waals surface area (Å²) in [6.45, 7) is 2.87. The number of hydrogen-bond acceptors (Lipinski definition) is 9. The predicted octanol–water partition coefficient (Wildman–Crippen LogP) is 1.63. The number of aliphatic hydroxyl groups is 2. The molecule has 5 heterocycles. The normalized spacial score (nSPS) is 14.6. The molecule has 0 aliphatic carbocycles. The summed E-state index contributed by atoms with van der Waals surface area (Å²) < 4.78 is 1.46. The van der Waals surface area contributed by atoms with Crippen molar-refractivity contribution >= 4 is 23.2 Å². The molecule has 12 nitrogen and oxygen atoms in total. The first-order valence-corrected chi connectivity index (χ1v) is 13.0. The summed E-state index contributed by atoms with van der Waals surface area (Å²) in [5, 5.41) is 23.7. The number of nitrogens with two attached hydrogens (primary N) is 1. The minimum atomic E-state index is -1.24. The number of amides is 1. The first-order valence-electron chi connectivity index (χ1n) is 13.0. The zero-order chi connectivity index (χ0) is 28.6. The Hall–Kier alpha value is -4.42. The second kappa shape index (κ2) is 10.6. The number of Topliss-reactive ketones (excluding diaryl/α,β-unsaturated/α-hetero) is 1. The molecule has 1 aliphatic heterocycles. The number of carbonyl (C=O) groups is 2. The fourth-order valence-electron chi connectivity index (χ4n) is 5.11. The molecule has 1 amide bonds. The molecule has 0 spiro atoms. The van der Waals surface area contributed by atoms with E-state index < -0.39 is 18.6 Å². The molecular formula is C28H31N7O5. The van der Waals surface area contributed by atoms with E-state index >= 15 is 0 Å². The molecule has 208 valence electrons. The van der Waals surface area contributed by atoms with Crippen molar-refractivity contribution in [3.8, 4) is 22.4 Å². The molecule has 0 unspecified atom stereocenters. The van der Waals surface area contributed by atoms with E-state index in [0.29, 0.717) is 54.1 Å². The van der Waals surface area contributed by atoms with Crippen LogP contribution < -0.4 is 11.3 Å². The van der Waals surface area contributed by atoms with Crippen LogP contribution in [0.1, 0.15) is 48.7 Å². The number of anilines is 1. The van der Waals surface area contributed by atoms with Crippen molar-refractivity contribution in [2.24, 2.45) is 5.41 Å². The van der Waals surface area contributed by atoms with E-state index in [1.807, 2.05) is 12.1 Å². The first kappa shape index (κ1) is 27.2. The van der Waals surface area contributed by atoms with Gasteiger partial charge in [-0.2, -0.15) is 9.61 Å². The number of fused-ring (bicyclic) bond motifs is 1. The summed E-state index contributed by atoms with van der Waals surface area (Å²) in [4.78, 5) is 50.7. The molecule has 0 radical (unpaired) electrons. The molecule has 5 rings (SSSR count). The number of aromatic amines is 1. The third-order valence-corrected chi connectivity index (χ3v) is 7.60. The number of aromatic nitrogens is 5. The number of rotatable bonds is 7. The van der Waals surface area contributed by atoms with Gasteiger partial charge in [-0.15, -0.1) is 0 Å². The van der Waals surface area contributed by atoms with E-state index in [1.54, 1.807) is 29.6 Å². The third-order valence-electron chi connectivity index (χ3n) is 7.60. The van der Waals surface area contributed by atoms with Gasteiger partial charge in [0.2, 0.25) is 11.5 Å². The van der Waals surface area contributed by atoms with Crippen LogP contribution in [0.25, 0.3) is 28.0 Å². The summed E-state index contributed by atoms with van der Waals surface area (Å²) in [5.41, 5.74) is 9.31. The Bertz CT molecular complexity index is 1610. The van der Waals surface area contributed by atoms with Crippen LogP contribution in [0.4, 0.5) is 5.82 Å². The molecule has 0 bridgehead atoms. The number of H-pyrrole nitrogens is 1. The minimum Gasteiger partial charge on any atom is -0.395 e. The van der Waals surface area contributed by atoms with Crippen LogP contribution >= 0.6 is 0 Å². The number of likely N-dealkylation sites (tertiary alicyclic amines) is 1. The smallest absolute Gasteiger partial charge is 0.247 e. The van der Waals surface area contributed by atoms with Gasteiger partial charge in [0.05, 0.1) is 41.8 Å². The second-order valence-corrected chi connectivity index (χ2v) is 10.4. The topological polar surface area (TPSA) is 180 Å². The summed E-state index contributed by atoms with van der Waals surface area (Å²) in [6, 6.07) is 6.85. The maximum absolute atomic E-state index is 12.9. The highest BCUT2D eigenvalue weighted by Crippen LogP contribution is 2.35. The van der Waals surface area contributed by atoms with Crippen LogP contribution in [-0.4, -0.2) is 77.7 Å². The molecule has 4 aromatic heterocycles. The second-order valence-electron chi connectivity index (χ2n) is 10.4. The van der Waals surface area contributed by atoms with Crippen LogP contribution in [0.5, 0.6) is 0 Å². The maximum atomic E-state index is 12.9. The molecular weight excluding hydrogens is 514 g/mol. The van der Waals surface area contributed by atoms with Crippen LogP contribution in [0.2, 0.25) is 0 Å². The van der Waals surface area contributed by atoms with E-state index in [4.69, 9.17) is 10.7 Å². The summed E-state index contributed by atoms with van der Waals surface area (Å²) in [7, 11) is 0. The number of ketones is 1. The van der Waals surface area contributed by atoms with Crippen molar-refractivity contribution in [3.63, 3.8) is 0 Å². The highest BCUT2D eigenvalue weighted by molar-refractivity contribution is 6.00. The van der Waals surface area contributed by atoms with E-state index in [0.717, 1.165) is 11.1 Å².